The van der Waals surface area contributed by atoms with Crippen molar-refractivity contribution in [2.24, 2.45) is 0 Å². The number of fused-ring (bicyclic) bond motifs is 1. The summed E-state index contributed by atoms with van der Waals surface area (Å²) in [6.07, 6.45) is 0. The molecular weight excluding hydrogens is 385 g/mol. The van der Waals surface area contributed by atoms with Crippen LogP contribution in [0.15, 0.2) is 40.2 Å². The third kappa shape index (κ3) is 2.58. The molecule has 1 atom stereocenters. The summed E-state index contributed by atoms with van der Waals surface area (Å²) in [5, 5.41) is 1.56. The molecule has 6 heteroatoms. The lowest BCUT2D eigenvalue weighted by Crippen LogP contribution is -2.01. The number of rotatable bonds is 2. The number of hydrogen-bond donors (Lipinski definition) is 0. The van der Waals surface area contributed by atoms with E-state index in [1.807, 2.05) is 18.2 Å². The summed E-state index contributed by atoms with van der Waals surface area (Å²) in [6.45, 7) is 0. The van der Waals surface area contributed by atoms with E-state index in [1.54, 1.807) is 5.38 Å². The van der Waals surface area contributed by atoms with E-state index < -0.39 is 22.8 Å². The minimum atomic E-state index is -1.02. The van der Waals surface area contributed by atoms with E-state index in [0.717, 1.165) is 14.6 Å². The predicted octanol–water partition coefficient (Wildman–Crippen LogP) is 6.41. The second-order valence-electron chi connectivity index (χ2n) is 4.45. The summed E-state index contributed by atoms with van der Waals surface area (Å²) in [5.41, 5.74) is 0.264. The highest BCUT2D eigenvalue weighted by atomic mass is 79.9. The van der Waals surface area contributed by atoms with Gasteiger partial charge in [-0.2, -0.15) is 0 Å². The molecule has 108 valence electrons. The Balaban J connectivity index is 2.18. The second kappa shape index (κ2) is 5.63. The average Bonchev–Trinajstić information content (AvgIpc) is 2.82. The van der Waals surface area contributed by atoms with E-state index >= 15 is 0 Å². The van der Waals surface area contributed by atoms with Crippen LogP contribution in [0.2, 0.25) is 0 Å². The maximum absolute atomic E-state index is 13.9. The van der Waals surface area contributed by atoms with Gasteiger partial charge in [0.05, 0.1) is 5.38 Å². The fourth-order valence-electron chi connectivity index (χ4n) is 2.19. The van der Waals surface area contributed by atoms with E-state index in [1.165, 1.54) is 11.3 Å². The minimum absolute atomic E-state index is 0.335. The number of benzene rings is 2. The number of halogens is 5. The molecule has 1 aromatic heterocycles. The molecule has 0 amide bonds. The summed E-state index contributed by atoms with van der Waals surface area (Å²) in [4.78, 5) is 0. The molecule has 0 aliphatic carbocycles. The van der Waals surface area contributed by atoms with Crippen LogP contribution >= 0.6 is 38.9 Å². The topological polar surface area (TPSA) is 0 Å². The van der Waals surface area contributed by atoms with Crippen LogP contribution < -0.4 is 0 Å². The van der Waals surface area contributed by atoms with Crippen LogP contribution in [0.3, 0.4) is 0 Å². The van der Waals surface area contributed by atoms with Gasteiger partial charge in [-0.05, 0) is 38.3 Å². The number of thiophene rings is 1. The van der Waals surface area contributed by atoms with Crippen LogP contribution in [0.4, 0.5) is 13.2 Å². The lowest BCUT2D eigenvalue weighted by Gasteiger charge is -2.12. The van der Waals surface area contributed by atoms with Crippen molar-refractivity contribution in [1.82, 2.24) is 0 Å². The van der Waals surface area contributed by atoms with Crippen molar-refractivity contribution in [2.75, 3.05) is 0 Å². The largest absolute Gasteiger partial charge is 0.207 e. The molecule has 2 aromatic carbocycles. The van der Waals surface area contributed by atoms with E-state index in [0.29, 0.717) is 17.7 Å². The monoisotopic (exact) mass is 390 g/mol. The predicted molar refractivity (Wildman–Crippen MR) is 83.5 cm³/mol. The first-order valence-electron chi connectivity index (χ1n) is 5.93. The SMILES string of the molecule is Fc1cc(F)c(C(Cl)c2csc3c(Br)cccc23)c(F)c1. The van der Waals surface area contributed by atoms with Crippen LogP contribution in [0.1, 0.15) is 16.5 Å². The van der Waals surface area contributed by atoms with Gasteiger partial charge in [0.1, 0.15) is 17.5 Å². The highest BCUT2D eigenvalue weighted by Crippen LogP contribution is 2.41. The van der Waals surface area contributed by atoms with Gasteiger partial charge in [-0.1, -0.05) is 12.1 Å². The molecule has 3 aromatic rings. The van der Waals surface area contributed by atoms with Crippen LogP contribution in [-0.2, 0) is 0 Å². The van der Waals surface area contributed by atoms with Gasteiger partial charge in [0.2, 0.25) is 0 Å². The lowest BCUT2D eigenvalue weighted by molar-refractivity contribution is 0.526. The van der Waals surface area contributed by atoms with Gasteiger partial charge >= 0.3 is 0 Å². The van der Waals surface area contributed by atoms with Gasteiger partial charge in [-0.25, -0.2) is 13.2 Å². The summed E-state index contributed by atoms with van der Waals surface area (Å²) in [5.74, 6) is -2.93. The first-order chi connectivity index (χ1) is 9.99. The summed E-state index contributed by atoms with van der Waals surface area (Å²) >= 11 is 11.1. The maximum Gasteiger partial charge on any atom is 0.134 e. The van der Waals surface area contributed by atoms with Gasteiger partial charge in [-0.15, -0.1) is 22.9 Å². The molecule has 0 aliphatic heterocycles. The molecule has 21 heavy (non-hydrogen) atoms. The average molecular weight is 392 g/mol. The Morgan fingerprint density at radius 1 is 1.10 bits per heavy atom. The smallest absolute Gasteiger partial charge is 0.134 e. The molecule has 0 aliphatic rings. The fourth-order valence-corrected chi connectivity index (χ4v) is 4.30. The summed E-state index contributed by atoms with van der Waals surface area (Å²) in [6, 6.07) is 6.81. The fraction of sp³-hybridized carbons (Fsp3) is 0.0667. The normalized spacial score (nSPS) is 12.8. The minimum Gasteiger partial charge on any atom is -0.207 e. The number of alkyl halides is 1. The van der Waals surface area contributed by atoms with Crippen molar-refractivity contribution >= 4 is 49.0 Å². The van der Waals surface area contributed by atoms with Gasteiger partial charge < -0.3 is 0 Å². The second-order valence-corrected chi connectivity index (χ2v) is 6.62. The Kier molecular flexibility index (Phi) is 3.99. The zero-order chi connectivity index (χ0) is 15.1. The Hall–Kier alpha value is -1.04. The maximum atomic E-state index is 13.9. The van der Waals surface area contributed by atoms with Crippen molar-refractivity contribution in [3.63, 3.8) is 0 Å². The van der Waals surface area contributed by atoms with E-state index in [2.05, 4.69) is 15.9 Å². The van der Waals surface area contributed by atoms with Gasteiger partial charge in [0.25, 0.3) is 0 Å². The molecule has 0 bridgehead atoms. The Morgan fingerprint density at radius 2 is 1.76 bits per heavy atom. The molecule has 0 spiro atoms. The van der Waals surface area contributed by atoms with E-state index in [4.69, 9.17) is 11.6 Å². The quantitative estimate of drug-likeness (QED) is 0.443. The molecule has 0 fully saturated rings. The van der Waals surface area contributed by atoms with Crippen molar-refractivity contribution in [3.05, 3.63) is 68.8 Å². The molecular formula is C15H7BrClF3S. The Morgan fingerprint density at radius 3 is 2.43 bits per heavy atom. The van der Waals surface area contributed by atoms with Crippen LogP contribution in [0, 0.1) is 17.5 Å². The van der Waals surface area contributed by atoms with Gasteiger partial charge in [0.15, 0.2) is 0 Å². The summed E-state index contributed by atoms with van der Waals surface area (Å²) < 4.78 is 42.6. The first-order valence-corrected chi connectivity index (χ1v) is 8.04. The van der Waals surface area contributed by atoms with Gasteiger partial charge in [-0.3, -0.25) is 0 Å². The van der Waals surface area contributed by atoms with Gasteiger partial charge in [0, 0.05) is 26.9 Å². The van der Waals surface area contributed by atoms with Crippen LogP contribution in [-0.4, -0.2) is 0 Å². The number of hydrogen-bond acceptors (Lipinski definition) is 1. The van der Waals surface area contributed by atoms with Crippen molar-refractivity contribution < 1.29 is 13.2 Å². The van der Waals surface area contributed by atoms with E-state index in [-0.39, 0.29) is 5.56 Å². The first kappa shape index (κ1) is 14.9. The highest BCUT2D eigenvalue weighted by molar-refractivity contribution is 9.10. The molecule has 0 N–H and O–H groups in total. The molecule has 1 unspecified atom stereocenters. The lowest BCUT2D eigenvalue weighted by atomic mass is 10.0. The van der Waals surface area contributed by atoms with Crippen LogP contribution in [0.25, 0.3) is 10.1 Å². The zero-order valence-electron chi connectivity index (χ0n) is 10.3. The van der Waals surface area contributed by atoms with Crippen molar-refractivity contribution in [1.29, 1.82) is 0 Å². The molecule has 0 saturated carbocycles. The Labute approximate surface area is 136 Å². The Bertz CT molecular complexity index is 808. The molecule has 0 saturated heterocycles. The molecule has 1 heterocycles. The third-order valence-electron chi connectivity index (χ3n) is 3.15. The standard InChI is InChI=1S/C15H7BrClF3S/c16-10-3-1-2-8-9(6-21-15(8)10)14(17)13-11(19)4-7(18)5-12(13)20/h1-6,14H. The third-order valence-corrected chi connectivity index (χ3v) is 5.58. The van der Waals surface area contributed by atoms with Crippen molar-refractivity contribution in [2.45, 2.75) is 5.38 Å². The zero-order valence-corrected chi connectivity index (χ0v) is 13.5. The van der Waals surface area contributed by atoms with Crippen LogP contribution in [0.5, 0.6) is 0 Å². The summed E-state index contributed by atoms with van der Waals surface area (Å²) in [7, 11) is 0. The molecule has 3 rings (SSSR count). The van der Waals surface area contributed by atoms with E-state index in [9.17, 15) is 13.2 Å². The van der Waals surface area contributed by atoms with Crippen molar-refractivity contribution in [3.8, 4) is 0 Å². The molecule has 0 radical (unpaired) electrons. The highest BCUT2D eigenvalue weighted by Gasteiger charge is 2.23. The molecule has 0 nitrogen and oxygen atoms in total.